The molecule has 0 radical (unpaired) electrons. The van der Waals surface area contributed by atoms with Gasteiger partial charge >= 0.3 is 0 Å². The van der Waals surface area contributed by atoms with Crippen LogP contribution in [0.25, 0.3) is 0 Å². The smallest absolute Gasteiger partial charge is 0.240 e. The van der Waals surface area contributed by atoms with Gasteiger partial charge in [-0.25, -0.2) is 0 Å². The second-order valence-corrected chi connectivity index (χ2v) is 6.47. The van der Waals surface area contributed by atoms with Crippen LogP contribution in [0.1, 0.15) is 51.0 Å². The SMILES string of the molecule is CCC(c1cccs1)N1CCCC(NC(C)C)C1=O. The number of nitrogens with zero attached hydrogens (tertiary/aromatic N) is 1. The van der Waals surface area contributed by atoms with E-state index in [1.165, 1.54) is 4.88 Å². The molecule has 2 atom stereocenters. The average molecular weight is 280 g/mol. The first-order valence-electron chi connectivity index (χ1n) is 7.23. The van der Waals surface area contributed by atoms with Crippen LogP contribution in [0.5, 0.6) is 0 Å². The zero-order valence-corrected chi connectivity index (χ0v) is 12.9. The van der Waals surface area contributed by atoms with Crippen molar-refractivity contribution in [1.82, 2.24) is 10.2 Å². The highest BCUT2D eigenvalue weighted by molar-refractivity contribution is 7.10. The fourth-order valence-electron chi connectivity index (χ4n) is 2.82. The molecule has 0 saturated carbocycles. The molecule has 2 rings (SSSR count). The number of thiophene rings is 1. The minimum Gasteiger partial charge on any atom is -0.334 e. The molecule has 1 aliphatic rings. The zero-order chi connectivity index (χ0) is 13.8. The van der Waals surface area contributed by atoms with Crippen molar-refractivity contribution in [1.29, 1.82) is 0 Å². The van der Waals surface area contributed by atoms with Crippen LogP contribution in [0.4, 0.5) is 0 Å². The van der Waals surface area contributed by atoms with Crippen molar-refractivity contribution in [3.05, 3.63) is 22.4 Å². The van der Waals surface area contributed by atoms with Gasteiger partial charge in [-0.2, -0.15) is 0 Å². The molecule has 1 aliphatic heterocycles. The summed E-state index contributed by atoms with van der Waals surface area (Å²) in [7, 11) is 0. The van der Waals surface area contributed by atoms with E-state index in [4.69, 9.17) is 0 Å². The summed E-state index contributed by atoms with van der Waals surface area (Å²) in [4.78, 5) is 16.0. The fourth-order valence-corrected chi connectivity index (χ4v) is 3.74. The summed E-state index contributed by atoms with van der Waals surface area (Å²) >= 11 is 1.75. The van der Waals surface area contributed by atoms with E-state index in [0.29, 0.717) is 6.04 Å². The number of carbonyl (C=O) groups excluding carboxylic acids is 1. The summed E-state index contributed by atoms with van der Waals surface area (Å²) in [5.41, 5.74) is 0. The number of likely N-dealkylation sites (tertiary alicyclic amines) is 1. The molecule has 1 saturated heterocycles. The number of piperidine rings is 1. The summed E-state index contributed by atoms with van der Waals surface area (Å²) in [5.74, 6) is 0.278. The van der Waals surface area contributed by atoms with Gasteiger partial charge < -0.3 is 10.2 Å². The molecule has 0 bridgehead atoms. The van der Waals surface area contributed by atoms with Crippen molar-refractivity contribution >= 4 is 17.2 Å². The van der Waals surface area contributed by atoms with Gasteiger partial charge in [0, 0.05) is 17.5 Å². The van der Waals surface area contributed by atoms with Gasteiger partial charge in [-0.05, 0) is 30.7 Å². The number of amides is 1. The van der Waals surface area contributed by atoms with E-state index in [1.54, 1.807) is 11.3 Å². The number of hydrogen-bond donors (Lipinski definition) is 1. The predicted octanol–water partition coefficient (Wildman–Crippen LogP) is 3.19. The van der Waals surface area contributed by atoms with Gasteiger partial charge in [0.2, 0.25) is 5.91 Å². The lowest BCUT2D eigenvalue weighted by atomic mass is 10.00. The van der Waals surface area contributed by atoms with Crippen LogP contribution in [0, 0.1) is 0 Å². The Morgan fingerprint density at radius 2 is 2.32 bits per heavy atom. The minimum atomic E-state index is 0.00256. The van der Waals surface area contributed by atoms with Crippen molar-refractivity contribution in [2.75, 3.05) is 6.54 Å². The average Bonchev–Trinajstić information content (AvgIpc) is 2.88. The Labute approximate surface area is 120 Å². The number of carbonyl (C=O) groups is 1. The quantitative estimate of drug-likeness (QED) is 0.898. The third kappa shape index (κ3) is 3.37. The number of rotatable bonds is 5. The first kappa shape index (κ1) is 14.5. The molecular weight excluding hydrogens is 256 g/mol. The fraction of sp³-hybridized carbons (Fsp3) is 0.667. The molecule has 4 heteroatoms. The summed E-state index contributed by atoms with van der Waals surface area (Å²) in [6, 6.07) is 4.83. The van der Waals surface area contributed by atoms with Crippen molar-refractivity contribution in [3.8, 4) is 0 Å². The monoisotopic (exact) mass is 280 g/mol. The van der Waals surface area contributed by atoms with Gasteiger partial charge in [0.25, 0.3) is 0 Å². The molecule has 1 amide bonds. The maximum atomic E-state index is 12.6. The van der Waals surface area contributed by atoms with Gasteiger partial charge in [-0.15, -0.1) is 11.3 Å². The molecule has 106 valence electrons. The molecule has 1 aromatic rings. The summed E-state index contributed by atoms with van der Waals surface area (Å²) < 4.78 is 0. The Kier molecular flexibility index (Phi) is 4.99. The normalized spacial score (nSPS) is 22.0. The third-order valence-electron chi connectivity index (χ3n) is 3.64. The Morgan fingerprint density at radius 1 is 1.53 bits per heavy atom. The van der Waals surface area contributed by atoms with Gasteiger partial charge in [-0.1, -0.05) is 26.8 Å². The largest absolute Gasteiger partial charge is 0.334 e. The molecule has 3 nitrogen and oxygen atoms in total. The molecular formula is C15H24N2OS. The van der Waals surface area contributed by atoms with Gasteiger partial charge in [0.15, 0.2) is 0 Å². The van der Waals surface area contributed by atoms with E-state index >= 15 is 0 Å². The molecule has 0 aromatic carbocycles. The van der Waals surface area contributed by atoms with Crippen LogP contribution in [0.15, 0.2) is 17.5 Å². The minimum absolute atomic E-state index is 0.00256. The lowest BCUT2D eigenvalue weighted by molar-refractivity contribution is -0.139. The van der Waals surface area contributed by atoms with E-state index in [9.17, 15) is 4.79 Å². The van der Waals surface area contributed by atoms with Crippen molar-refractivity contribution in [2.45, 2.75) is 58.2 Å². The van der Waals surface area contributed by atoms with Crippen LogP contribution >= 0.6 is 11.3 Å². The molecule has 0 spiro atoms. The second kappa shape index (κ2) is 6.53. The molecule has 1 fully saturated rings. The molecule has 2 unspecified atom stereocenters. The van der Waals surface area contributed by atoms with E-state index in [2.05, 4.69) is 48.5 Å². The third-order valence-corrected chi connectivity index (χ3v) is 4.62. The maximum Gasteiger partial charge on any atom is 0.240 e. The Bertz CT molecular complexity index is 402. The standard InChI is InChI=1S/C15H24N2OS/c1-4-13(14-8-6-10-19-14)17-9-5-7-12(15(17)18)16-11(2)3/h6,8,10-13,16H,4-5,7,9H2,1-3H3. The first-order chi connectivity index (χ1) is 9.13. The molecule has 19 heavy (non-hydrogen) atoms. The molecule has 1 N–H and O–H groups in total. The highest BCUT2D eigenvalue weighted by Crippen LogP contribution is 2.31. The maximum absolute atomic E-state index is 12.6. The van der Waals surface area contributed by atoms with E-state index < -0.39 is 0 Å². The Hall–Kier alpha value is -0.870. The van der Waals surface area contributed by atoms with E-state index in [0.717, 1.165) is 25.8 Å². The van der Waals surface area contributed by atoms with Crippen LogP contribution in [-0.4, -0.2) is 29.4 Å². The van der Waals surface area contributed by atoms with Crippen LogP contribution in [0.2, 0.25) is 0 Å². The lowest BCUT2D eigenvalue weighted by Crippen LogP contribution is -2.53. The summed E-state index contributed by atoms with van der Waals surface area (Å²) in [5, 5.41) is 5.49. The lowest BCUT2D eigenvalue weighted by Gasteiger charge is -2.38. The summed E-state index contributed by atoms with van der Waals surface area (Å²) in [6.07, 6.45) is 3.05. The van der Waals surface area contributed by atoms with E-state index in [-0.39, 0.29) is 18.0 Å². The second-order valence-electron chi connectivity index (χ2n) is 5.49. The van der Waals surface area contributed by atoms with Crippen LogP contribution in [0.3, 0.4) is 0 Å². The zero-order valence-electron chi connectivity index (χ0n) is 12.1. The molecule has 1 aromatic heterocycles. The first-order valence-corrected chi connectivity index (χ1v) is 8.11. The van der Waals surface area contributed by atoms with Gasteiger partial charge in [0.1, 0.15) is 0 Å². The number of nitrogens with one attached hydrogen (secondary N) is 1. The molecule has 2 heterocycles. The van der Waals surface area contributed by atoms with Gasteiger partial charge in [-0.3, -0.25) is 4.79 Å². The Balaban J connectivity index is 2.12. The van der Waals surface area contributed by atoms with Crippen LogP contribution < -0.4 is 5.32 Å². The molecule has 0 aliphatic carbocycles. The van der Waals surface area contributed by atoms with Crippen LogP contribution in [-0.2, 0) is 4.79 Å². The highest BCUT2D eigenvalue weighted by atomic mass is 32.1. The van der Waals surface area contributed by atoms with Gasteiger partial charge in [0.05, 0.1) is 12.1 Å². The number of hydrogen-bond acceptors (Lipinski definition) is 3. The van der Waals surface area contributed by atoms with Crippen molar-refractivity contribution < 1.29 is 4.79 Å². The summed E-state index contributed by atoms with van der Waals surface area (Å²) in [6.45, 7) is 7.26. The van der Waals surface area contributed by atoms with Crippen molar-refractivity contribution in [2.24, 2.45) is 0 Å². The topological polar surface area (TPSA) is 32.3 Å². The Morgan fingerprint density at radius 3 is 2.89 bits per heavy atom. The predicted molar refractivity (Wildman–Crippen MR) is 80.4 cm³/mol. The highest BCUT2D eigenvalue weighted by Gasteiger charge is 2.33. The van der Waals surface area contributed by atoms with Crippen molar-refractivity contribution in [3.63, 3.8) is 0 Å². The van der Waals surface area contributed by atoms with E-state index in [1.807, 2.05) is 0 Å².